The maximum absolute atomic E-state index is 11.5. The maximum atomic E-state index is 11.5. The van der Waals surface area contributed by atoms with Crippen LogP contribution in [-0.2, 0) is 0 Å². The molecule has 0 radical (unpaired) electrons. The van der Waals surface area contributed by atoms with Crippen LogP contribution in [0.1, 0.15) is 42.6 Å². The minimum Gasteiger partial charge on any atom is -0.383 e. The van der Waals surface area contributed by atoms with E-state index in [9.17, 15) is 4.79 Å². The van der Waals surface area contributed by atoms with E-state index in [-0.39, 0.29) is 11.3 Å². The lowest BCUT2D eigenvalue weighted by atomic mass is 9.77. The fourth-order valence-corrected chi connectivity index (χ4v) is 2.85. The Morgan fingerprint density at radius 1 is 1.50 bits per heavy atom. The van der Waals surface area contributed by atoms with Crippen LogP contribution >= 0.6 is 0 Å². The minimum atomic E-state index is -0.386. The summed E-state index contributed by atoms with van der Waals surface area (Å²) in [7, 11) is 0. The lowest BCUT2D eigenvalue weighted by Crippen LogP contribution is -2.50. The number of rotatable bonds is 4. The third kappa shape index (κ3) is 3.31. The Morgan fingerprint density at radius 3 is 2.90 bits per heavy atom. The first-order valence-electron chi connectivity index (χ1n) is 7.28. The third-order valence-electron chi connectivity index (χ3n) is 4.27. The fraction of sp³-hybridized carbons (Fsp3) is 0.562. The van der Waals surface area contributed by atoms with E-state index in [2.05, 4.69) is 24.5 Å². The van der Waals surface area contributed by atoms with Gasteiger partial charge in [-0.3, -0.25) is 4.79 Å². The van der Waals surface area contributed by atoms with Gasteiger partial charge in [-0.05, 0) is 49.4 Å². The molecule has 1 saturated heterocycles. The molecule has 4 nitrogen and oxygen atoms in total. The summed E-state index contributed by atoms with van der Waals surface area (Å²) in [4.78, 5) is 11.5. The Balaban J connectivity index is 2.10. The molecule has 1 unspecified atom stereocenters. The zero-order valence-corrected chi connectivity index (χ0v) is 12.6. The van der Waals surface area contributed by atoms with Crippen molar-refractivity contribution in [3.05, 3.63) is 29.3 Å². The van der Waals surface area contributed by atoms with E-state index in [0.29, 0.717) is 11.6 Å². The summed E-state index contributed by atoms with van der Waals surface area (Å²) in [6.07, 6.45) is 2.45. The van der Waals surface area contributed by atoms with Crippen molar-refractivity contribution in [1.82, 2.24) is 5.32 Å². The predicted octanol–water partition coefficient (Wildman–Crippen LogP) is 2.28. The van der Waals surface area contributed by atoms with E-state index in [1.807, 2.05) is 19.1 Å². The van der Waals surface area contributed by atoms with Crippen LogP contribution < -0.4 is 16.4 Å². The van der Waals surface area contributed by atoms with Crippen LogP contribution in [0, 0.1) is 12.3 Å². The molecule has 1 amide bonds. The number of primary amides is 1. The fourth-order valence-electron chi connectivity index (χ4n) is 2.85. The van der Waals surface area contributed by atoms with Crippen LogP contribution in [0.25, 0.3) is 0 Å². The lowest BCUT2D eigenvalue weighted by molar-refractivity contribution is 0.100. The quantitative estimate of drug-likeness (QED) is 0.789. The van der Waals surface area contributed by atoms with E-state index in [1.165, 1.54) is 12.8 Å². The van der Waals surface area contributed by atoms with Gasteiger partial charge in [0.2, 0.25) is 0 Å². The van der Waals surface area contributed by atoms with Crippen LogP contribution in [0.15, 0.2) is 18.2 Å². The maximum Gasteiger partial charge on any atom is 0.250 e. The summed E-state index contributed by atoms with van der Waals surface area (Å²) in [5.74, 6) is -0.386. The Bertz CT molecular complexity index is 496. The van der Waals surface area contributed by atoms with Gasteiger partial charge in [0, 0.05) is 18.3 Å². The van der Waals surface area contributed by atoms with Crippen molar-refractivity contribution < 1.29 is 4.79 Å². The second kappa shape index (κ2) is 5.83. The van der Waals surface area contributed by atoms with Crippen molar-refractivity contribution in [3.63, 3.8) is 0 Å². The zero-order chi connectivity index (χ0) is 14.8. The van der Waals surface area contributed by atoms with Crippen LogP contribution in [0.5, 0.6) is 0 Å². The zero-order valence-electron chi connectivity index (χ0n) is 12.6. The summed E-state index contributed by atoms with van der Waals surface area (Å²) in [5.41, 5.74) is 8.21. The summed E-state index contributed by atoms with van der Waals surface area (Å²) >= 11 is 0. The SMILES string of the molecule is Cc1ccc(C(N)=O)c(NCC2NCCCC2(C)C)c1. The van der Waals surface area contributed by atoms with Gasteiger partial charge in [0.25, 0.3) is 5.91 Å². The lowest BCUT2D eigenvalue weighted by Gasteiger charge is -2.39. The molecule has 1 aliphatic heterocycles. The smallest absolute Gasteiger partial charge is 0.250 e. The van der Waals surface area contributed by atoms with Crippen molar-refractivity contribution >= 4 is 11.6 Å². The van der Waals surface area contributed by atoms with E-state index in [4.69, 9.17) is 5.73 Å². The van der Waals surface area contributed by atoms with Crippen molar-refractivity contribution in [2.24, 2.45) is 11.1 Å². The van der Waals surface area contributed by atoms with Crippen LogP contribution in [0.2, 0.25) is 0 Å². The second-order valence-electron chi connectivity index (χ2n) is 6.39. The van der Waals surface area contributed by atoms with E-state index in [0.717, 1.165) is 24.3 Å². The molecule has 1 heterocycles. The van der Waals surface area contributed by atoms with Crippen molar-refractivity contribution in [2.75, 3.05) is 18.4 Å². The van der Waals surface area contributed by atoms with Gasteiger partial charge in [-0.15, -0.1) is 0 Å². The highest BCUT2D eigenvalue weighted by Crippen LogP contribution is 2.30. The Kier molecular flexibility index (Phi) is 4.33. The highest BCUT2D eigenvalue weighted by Gasteiger charge is 2.31. The van der Waals surface area contributed by atoms with E-state index >= 15 is 0 Å². The van der Waals surface area contributed by atoms with Gasteiger partial charge in [-0.25, -0.2) is 0 Å². The standard InChI is InChI=1S/C16H25N3O/c1-11-5-6-12(15(17)20)13(9-11)19-10-14-16(2,3)7-4-8-18-14/h5-6,9,14,18-19H,4,7-8,10H2,1-3H3,(H2,17,20). The van der Waals surface area contributed by atoms with Gasteiger partial charge < -0.3 is 16.4 Å². The molecular weight excluding hydrogens is 250 g/mol. The number of amides is 1. The van der Waals surface area contributed by atoms with Crippen LogP contribution in [0.4, 0.5) is 5.69 Å². The van der Waals surface area contributed by atoms with Gasteiger partial charge in [0.1, 0.15) is 0 Å². The molecular formula is C16H25N3O. The van der Waals surface area contributed by atoms with E-state index < -0.39 is 0 Å². The van der Waals surface area contributed by atoms with Crippen molar-refractivity contribution in [1.29, 1.82) is 0 Å². The molecule has 0 aromatic heterocycles. The molecule has 4 N–H and O–H groups in total. The molecule has 1 fully saturated rings. The highest BCUT2D eigenvalue weighted by molar-refractivity contribution is 5.98. The molecule has 110 valence electrons. The average molecular weight is 275 g/mol. The number of benzene rings is 1. The number of anilines is 1. The van der Waals surface area contributed by atoms with Crippen LogP contribution in [-0.4, -0.2) is 25.0 Å². The van der Waals surface area contributed by atoms with Crippen molar-refractivity contribution in [2.45, 2.75) is 39.7 Å². The first kappa shape index (κ1) is 14.9. The molecule has 1 atom stereocenters. The Labute approximate surface area is 121 Å². The van der Waals surface area contributed by atoms with E-state index in [1.54, 1.807) is 6.07 Å². The predicted molar refractivity (Wildman–Crippen MR) is 83.0 cm³/mol. The molecule has 1 aromatic carbocycles. The van der Waals surface area contributed by atoms with Crippen molar-refractivity contribution in [3.8, 4) is 0 Å². The Hall–Kier alpha value is -1.55. The average Bonchev–Trinajstić information content (AvgIpc) is 2.36. The normalized spacial score (nSPS) is 21.4. The largest absolute Gasteiger partial charge is 0.383 e. The second-order valence-corrected chi connectivity index (χ2v) is 6.39. The monoisotopic (exact) mass is 275 g/mol. The summed E-state index contributed by atoms with van der Waals surface area (Å²) in [5, 5.41) is 6.96. The Morgan fingerprint density at radius 2 is 2.25 bits per heavy atom. The molecule has 0 aliphatic carbocycles. The number of hydrogen-bond acceptors (Lipinski definition) is 3. The van der Waals surface area contributed by atoms with Crippen LogP contribution in [0.3, 0.4) is 0 Å². The summed E-state index contributed by atoms with van der Waals surface area (Å²) in [6, 6.07) is 6.08. The summed E-state index contributed by atoms with van der Waals surface area (Å²) < 4.78 is 0. The van der Waals surface area contributed by atoms with Gasteiger partial charge in [0.15, 0.2) is 0 Å². The van der Waals surface area contributed by atoms with Gasteiger partial charge in [0.05, 0.1) is 5.56 Å². The number of nitrogens with one attached hydrogen (secondary N) is 2. The van der Waals surface area contributed by atoms with Gasteiger partial charge >= 0.3 is 0 Å². The van der Waals surface area contributed by atoms with Gasteiger partial charge in [-0.1, -0.05) is 19.9 Å². The van der Waals surface area contributed by atoms with Gasteiger partial charge in [-0.2, -0.15) is 0 Å². The number of nitrogens with two attached hydrogens (primary N) is 1. The molecule has 0 spiro atoms. The molecule has 4 heteroatoms. The molecule has 2 rings (SSSR count). The first-order valence-corrected chi connectivity index (χ1v) is 7.28. The molecule has 20 heavy (non-hydrogen) atoms. The number of carbonyl (C=O) groups is 1. The number of piperidine rings is 1. The highest BCUT2D eigenvalue weighted by atomic mass is 16.1. The molecule has 0 bridgehead atoms. The topological polar surface area (TPSA) is 67.2 Å². The minimum absolute atomic E-state index is 0.266. The molecule has 0 saturated carbocycles. The first-order chi connectivity index (χ1) is 9.40. The number of hydrogen-bond donors (Lipinski definition) is 3. The number of aryl methyl sites for hydroxylation is 1. The number of carbonyl (C=O) groups excluding carboxylic acids is 1. The molecule has 1 aromatic rings. The summed E-state index contributed by atoms with van der Waals surface area (Å²) in [6.45, 7) is 8.45. The molecule has 1 aliphatic rings. The third-order valence-corrected chi connectivity index (χ3v) is 4.27.